The zero-order valence-electron chi connectivity index (χ0n) is 16.0. The molecule has 0 aliphatic rings. The molecule has 27 heavy (non-hydrogen) atoms. The van der Waals surface area contributed by atoms with Crippen molar-refractivity contribution in [2.45, 2.75) is 20.8 Å². The number of hydrogen-bond donors (Lipinski definition) is 1. The van der Waals surface area contributed by atoms with E-state index in [9.17, 15) is 4.79 Å². The van der Waals surface area contributed by atoms with Crippen molar-refractivity contribution in [3.8, 4) is 22.8 Å². The minimum absolute atomic E-state index is 0.257. The van der Waals surface area contributed by atoms with Crippen molar-refractivity contribution in [2.75, 3.05) is 19.5 Å². The van der Waals surface area contributed by atoms with Gasteiger partial charge in [0.15, 0.2) is 5.13 Å². The SMILES string of the molecule is COc1cc(OC)cc(C(=O)Nc2nc(-c3ccc(C)c(C)c3)c(C)s2)c1. The zero-order chi connectivity index (χ0) is 19.6. The molecule has 0 aliphatic heterocycles. The zero-order valence-corrected chi connectivity index (χ0v) is 16.9. The van der Waals surface area contributed by atoms with Crippen molar-refractivity contribution in [1.29, 1.82) is 0 Å². The van der Waals surface area contributed by atoms with Crippen LogP contribution in [0.15, 0.2) is 36.4 Å². The van der Waals surface area contributed by atoms with E-state index in [1.165, 1.54) is 22.5 Å². The highest BCUT2D eigenvalue weighted by Gasteiger charge is 2.15. The van der Waals surface area contributed by atoms with Crippen LogP contribution in [0, 0.1) is 20.8 Å². The number of rotatable bonds is 5. The summed E-state index contributed by atoms with van der Waals surface area (Å²) in [6.07, 6.45) is 0. The fourth-order valence-electron chi connectivity index (χ4n) is 2.71. The van der Waals surface area contributed by atoms with E-state index in [4.69, 9.17) is 9.47 Å². The van der Waals surface area contributed by atoms with Gasteiger partial charge in [0.25, 0.3) is 5.91 Å². The number of nitrogens with one attached hydrogen (secondary N) is 1. The van der Waals surface area contributed by atoms with Crippen LogP contribution in [0.4, 0.5) is 5.13 Å². The number of aryl methyl sites for hydroxylation is 3. The molecule has 140 valence electrons. The lowest BCUT2D eigenvalue weighted by Gasteiger charge is -2.08. The van der Waals surface area contributed by atoms with Gasteiger partial charge < -0.3 is 9.47 Å². The van der Waals surface area contributed by atoms with Gasteiger partial charge in [0.05, 0.1) is 19.9 Å². The Kier molecular flexibility index (Phi) is 5.46. The molecular formula is C21H22N2O3S. The van der Waals surface area contributed by atoms with E-state index in [0.717, 1.165) is 16.1 Å². The first-order valence-corrected chi connectivity index (χ1v) is 9.32. The molecule has 0 spiro atoms. The van der Waals surface area contributed by atoms with E-state index in [1.807, 2.05) is 6.92 Å². The Morgan fingerprint density at radius 3 is 2.22 bits per heavy atom. The first-order chi connectivity index (χ1) is 12.9. The smallest absolute Gasteiger partial charge is 0.257 e. The number of methoxy groups -OCH3 is 2. The second-order valence-electron chi connectivity index (χ2n) is 6.28. The number of carbonyl (C=O) groups is 1. The fourth-order valence-corrected chi connectivity index (χ4v) is 3.55. The van der Waals surface area contributed by atoms with Gasteiger partial charge in [-0.25, -0.2) is 4.98 Å². The number of anilines is 1. The standard InChI is InChI=1S/C21H22N2O3S/c1-12-6-7-15(8-13(12)2)19-14(3)27-21(22-19)23-20(24)16-9-17(25-4)11-18(10-16)26-5/h6-11H,1-5H3,(H,22,23,24). The molecule has 1 aromatic heterocycles. The lowest BCUT2D eigenvalue weighted by molar-refractivity contribution is 0.102. The van der Waals surface area contributed by atoms with E-state index < -0.39 is 0 Å². The van der Waals surface area contributed by atoms with Crippen molar-refractivity contribution >= 4 is 22.4 Å². The van der Waals surface area contributed by atoms with Crippen LogP contribution in [0.5, 0.6) is 11.5 Å². The Bertz CT molecular complexity index is 973. The monoisotopic (exact) mass is 382 g/mol. The Morgan fingerprint density at radius 1 is 0.963 bits per heavy atom. The number of amides is 1. The Balaban J connectivity index is 1.86. The highest BCUT2D eigenvalue weighted by molar-refractivity contribution is 7.16. The predicted molar refractivity (Wildman–Crippen MR) is 109 cm³/mol. The van der Waals surface area contributed by atoms with Crippen molar-refractivity contribution < 1.29 is 14.3 Å². The molecule has 2 aromatic carbocycles. The number of thiazole rings is 1. The third kappa shape index (κ3) is 4.11. The summed E-state index contributed by atoms with van der Waals surface area (Å²) in [4.78, 5) is 18.3. The molecule has 0 aliphatic carbocycles. The summed E-state index contributed by atoms with van der Waals surface area (Å²) >= 11 is 1.46. The van der Waals surface area contributed by atoms with Crippen molar-refractivity contribution in [1.82, 2.24) is 4.98 Å². The average molecular weight is 382 g/mol. The van der Waals surface area contributed by atoms with E-state index in [0.29, 0.717) is 22.2 Å². The summed E-state index contributed by atoms with van der Waals surface area (Å²) in [6, 6.07) is 11.3. The second-order valence-corrected chi connectivity index (χ2v) is 7.48. The Hall–Kier alpha value is -2.86. The molecule has 0 unspecified atom stereocenters. The summed E-state index contributed by atoms with van der Waals surface area (Å²) in [7, 11) is 3.10. The number of ether oxygens (including phenoxy) is 2. The van der Waals surface area contributed by atoms with Gasteiger partial charge >= 0.3 is 0 Å². The highest BCUT2D eigenvalue weighted by atomic mass is 32.1. The first-order valence-electron chi connectivity index (χ1n) is 8.50. The van der Waals surface area contributed by atoms with Crippen molar-refractivity contribution in [2.24, 2.45) is 0 Å². The van der Waals surface area contributed by atoms with Gasteiger partial charge in [-0.05, 0) is 50.1 Å². The van der Waals surface area contributed by atoms with Crippen LogP contribution in [0.1, 0.15) is 26.4 Å². The van der Waals surface area contributed by atoms with Crippen molar-refractivity contribution in [3.63, 3.8) is 0 Å². The topological polar surface area (TPSA) is 60.5 Å². The maximum Gasteiger partial charge on any atom is 0.257 e. The molecule has 3 aromatic rings. The lowest BCUT2D eigenvalue weighted by atomic mass is 10.0. The van der Waals surface area contributed by atoms with Crippen LogP contribution >= 0.6 is 11.3 Å². The van der Waals surface area contributed by atoms with E-state index in [2.05, 4.69) is 42.3 Å². The molecule has 0 saturated carbocycles. The third-order valence-corrected chi connectivity index (χ3v) is 5.30. The molecule has 3 rings (SSSR count). The summed E-state index contributed by atoms with van der Waals surface area (Å²) in [5, 5.41) is 3.44. The van der Waals surface area contributed by atoms with Gasteiger partial charge in [0.2, 0.25) is 0 Å². The lowest BCUT2D eigenvalue weighted by Crippen LogP contribution is -2.12. The van der Waals surface area contributed by atoms with Gasteiger partial charge in [-0.15, -0.1) is 11.3 Å². The first kappa shape index (κ1) is 18.9. The number of aromatic nitrogens is 1. The summed E-state index contributed by atoms with van der Waals surface area (Å²) in [6.45, 7) is 6.17. The van der Waals surface area contributed by atoms with Crippen LogP contribution in [-0.4, -0.2) is 25.1 Å². The maximum atomic E-state index is 12.7. The minimum Gasteiger partial charge on any atom is -0.497 e. The molecule has 0 saturated heterocycles. The van der Waals surface area contributed by atoms with Crippen LogP contribution in [0.3, 0.4) is 0 Å². The molecule has 0 fully saturated rings. The van der Waals surface area contributed by atoms with Crippen LogP contribution in [0.25, 0.3) is 11.3 Å². The second kappa shape index (κ2) is 7.80. The van der Waals surface area contributed by atoms with Crippen LogP contribution < -0.4 is 14.8 Å². The third-order valence-electron chi connectivity index (χ3n) is 4.41. The fraction of sp³-hybridized carbons (Fsp3) is 0.238. The van der Waals surface area contributed by atoms with Gasteiger partial charge in [-0.1, -0.05) is 12.1 Å². The highest BCUT2D eigenvalue weighted by Crippen LogP contribution is 2.32. The molecule has 1 heterocycles. The maximum absolute atomic E-state index is 12.7. The van der Waals surface area contributed by atoms with Gasteiger partial charge in [-0.2, -0.15) is 0 Å². The largest absolute Gasteiger partial charge is 0.497 e. The molecule has 0 radical (unpaired) electrons. The van der Waals surface area contributed by atoms with E-state index in [-0.39, 0.29) is 5.91 Å². The number of hydrogen-bond acceptors (Lipinski definition) is 5. The average Bonchev–Trinajstić information content (AvgIpc) is 3.03. The van der Waals surface area contributed by atoms with Gasteiger partial charge in [0.1, 0.15) is 11.5 Å². The normalized spacial score (nSPS) is 10.6. The van der Waals surface area contributed by atoms with E-state index in [1.54, 1.807) is 32.4 Å². The van der Waals surface area contributed by atoms with Crippen molar-refractivity contribution in [3.05, 3.63) is 58.0 Å². The number of carbonyl (C=O) groups excluding carboxylic acids is 1. The quantitative estimate of drug-likeness (QED) is 0.674. The molecule has 0 atom stereocenters. The van der Waals surface area contributed by atoms with Gasteiger partial charge in [-0.3, -0.25) is 10.1 Å². The molecular weight excluding hydrogens is 360 g/mol. The molecule has 1 amide bonds. The Morgan fingerprint density at radius 2 is 1.63 bits per heavy atom. The molecule has 1 N–H and O–H groups in total. The number of benzene rings is 2. The minimum atomic E-state index is -0.257. The predicted octanol–water partition coefficient (Wildman–Crippen LogP) is 5.00. The summed E-state index contributed by atoms with van der Waals surface area (Å²) in [5.41, 5.74) is 4.85. The molecule has 5 nitrogen and oxygen atoms in total. The molecule has 0 bridgehead atoms. The van der Waals surface area contributed by atoms with Gasteiger partial charge in [0, 0.05) is 22.1 Å². The summed E-state index contributed by atoms with van der Waals surface area (Å²) < 4.78 is 10.5. The van der Waals surface area contributed by atoms with E-state index >= 15 is 0 Å². The van der Waals surface area contributed by atoms with Crippen LogP contribution in [-0.2, 0) is 0 Å². The molecule has 6 heteroatoms. The summed E-state index contributed by atoms with van der Waals surface area (Å²) in [5.74, 6) is 0.865. The number of nitrogens with zero attached hydrogens (tertiary/aromatic N) is 1. The van der Waals surface area contributed by atoms with Crippen LogP contribution in [0.2, 0.25) is 0 Å². The Labute approximate surface area is 163 Å².